The van der Waals surface area contributed by atoms with Crippen molar-refractivity contribution in [2.75, 3.05) is 6.54 Å². The summed E-state index contributed by atoms with van der Waals surface area (Å²) in [7, 11) is -0.760. The molecule has 0 rings (SSSR count). The third-order valence-electron chi connectivity index (χ3n) is 2.89. The third kappa shape index (κ3) is 8.56. The van der Waals surface area contributed by atoms with E-state index in [9.17, 15) is 0 Å². The molecule has 0 aromatic heterocycles. The molecule has 0 fully saturated rings. The first-order valence-electron chi connectivity index (χ1n) is 6.68. The van der Waals surface area contributed by atoms with Gasteiger partial charge in [-0.3, -0.25) is 0 Å². The van der Waals surface area contributed by atoms with Crippen LogP contribution in [0.25, 0.3) is 0 Å². The van der Waals surface area contributed by atoms with Gasteiger partial charge in [0, 0.05) is 0 Å². The van der Waals surface area contributed by atoms with Crippen molar-refractivity contribution in [2.45, 2.75) is 64.5 Å². The van der Waals surface area contributed by atoms with Crippen LogP contribution in [0.4, 0.5) is 0 Å². The summed E-state index contributed by atoms with van der Waals surface area (Å²) in [4.78, 5) is 0. The summed E-state index contributed by atoms with van der Waals surface area (Å²) in [5.74, 6) is 0. The molecule has 0 atom stereocenters. The van der Waals surface area contributed by atoms with Gasteiger partial charge >= 0.3 is 0 Å². The first-order valence-corrected chi connectivity index (χ1v) is 12.9. The molecule has 0 unspecified atom stereocenters. The number of hydrogen-bond acceptors (Lipinski definition) is 2. The zero-order valence-electron chi connectivity index (χ0n) is 12.2. The summed E-state index contributed by atoms with van der Waals surface area (Å²) in [6.07, 6.45) is 3.88. The first kappa shape index (κ1) is 16.4. The van der Waals surface area contributed by atoms with Gasteiger partial charge in [0.2, 0.25) is 0 Å². The monoisotopic (exact) mass is 259 g/mol. The third-order valence-corrected chi connectivity index (χ3v) is 10.4. The van der Waals surface area contributed by atoms with Crippen LogP contribution in [-0.4, -0.2) is 31.2 Å². The maximum atomic E-state index is 6.52. The van der Waals surface area contributed by atoms with Crippen molar-refractivity contribution >= 4 is 24.6 Å². The Bertz CT molecular complexity index is 189. The average Bonchev–Trinajstić information content (AvgIpc) is 2.13. The topological polar surface area (TPSA) is 21.3 Å². The van der Waals surface area contributed by atoms with Gasteiger partial charge < -0.3 is 9.34 Å². The predicted molar refractivity (Wildman–Crippen MR) is 81.7 cm³/mol. The fraction of sp³-hybridized carbons (Fsp3) is 1.00. The number of rotatable bonds is 9. The maximum Gasteiger partial charge on any atom is 0.181 e. The molecule has 5 heteroatoms. The zero-order valence-corrected chi connectivity index (χ0v) is 14.2. The highest BCUT2D eigenvalue weighted by molar-refractivity contribution is 6.84. The highest BCUT2D eigenvalue weighted by Gasteiger charge is 2.31. The fourth-order valence-corrected chi connectivity index (χ4v) is 11.2. The van der Waals surface area contributed by atoms with Gasteiger partial charge in [-0.15, -0.1) is 0 Å². The van der Waals surface area contributed by atoms with Crippen LogP contribution in [0.5, 0.6) is 0 Å². The van der Waals surface area contributed by atoms with Gasteiger partial charge in [-0.2, -0.15) is 0 Å². The second-order valence-electron chi connectivity index (χ2n) is 5.93. The normalized spacial score (nSPS) is 13.1. The van der Waals surface area contributed by atoms with Crippen molar-refractivity contribution in [1.82, 2.24) is 5.23 Å². The molecule has 0 amide bonds. The van der Waals surface area contributed by atoms with Crippen molar-refractivity contribution in [3.8, 4) is 0 Å². The van der Waals surface area contributed by atoms with Crippen molar-refractivity contribution in [2.24, 2.45) is 0 Å². The molecule has 0 aliphatic rings. The summed E-state index contributed by atoms with van der Waals surface area (Å²) < 4.78 is 6.52. The Morgan fingerprint density at radius 1 is 1.00 bits per heavy atom. The SMILES string of the molecule is BNCCC[Si](C)(C)O[Si](C)(C)CCCC. The molecule has 1 N–H and O–H groups in total. The van der Waals surface area contributed by atoms with Crippen LogP contribution in [-0.2, 0) is 4.12 Å². The lowest BCUT2D eigenvalue weighted by Crippen LogP contribution is -2.44. The van der Waals surface area contributed by atoms with E-state index in [1.54, 1.807) is 0 Å². The molecule has 0 aromatic rings. The Kier molecular flexibility index (Phi) is 7.89. The van der Waals surface area contributed by atoms with E-state index < -0.39 is 16.6 Å². The molecule has 0 saturated carbocycles. The zero-order chi connectivity index (χ0) is 12.7. The maximum absolute atomic E-state index is 6.52. The van der Waals surface area contributed by atoms with Crippen LogP contribution >= 0.6 is 0 Å². The fourth-order valence-electron chi connectivity index (χ4n) is 2.14. The van der Waals surface area contributed by atoms with Crippen LogP contribution < -0.4 is 5.23 Å². The van der Waals surface area contributed by atoms with E-state index in [1.807, 2.05) is 7.98 Å². The number of hydrogen-bond donors (Lipinski definition) is 1. The average molecular weight is 259 g/mol. The minimum absolute atomic E-state index is 1.12. The second kappa shape index (κ2) is 7.69. The molecule has 96 valence electrons. The van der Waals surface area contributed by atoms with Gasteiger partial charge in [0.15, 0.2) is 24.6 Å². The van der Waals surface area contributed by atoms with Gasteiger partial charge in [-0.1, -0.05) is 19.8 Å². The van der Waals surface area contributed by atoms with Crippen LogP contribution in [0.15, 0.2) is 0 Å². The summed E-state index contributed by atoms with van der Waals surface area (Å²) in [5.41, 5.74) is 0. The molecule has 2 nitrogen and oxygen atoms in total. The Morgan fingerprint density at radius 3 is 1.94 bits per heavy atom. The van der Waals surface area contributed by atoms with E-state index >= 15 is 0 Å². The lowest BCUT2D eigenvalue weighted by atomic mass is 10.4. The molecule has 0 radical (unpaired) electrons. The predicted octanol–water partition coefficient (Wildman–Crippen LogP) is 2.74. The van der Waals surface area contributed by atoms with E-state index in [1.165, 1.54) is 31.4 Å². The van der Waals surface area contributed by atoms with Crippen molar-refractivity contribution in [3.63, 3.8) is 0 Å². The molecule has 0 heterocycles. The Balaban J connectivity index is 4.01. The highest BCUT2D eigenvalue weighted by atomic mass is 28.4. The van der Waals surface area contributed by atoms with Crippen LogP contribution in [0.3, 0.4) is 0 Å². The van der Waals surface area contributed by atoms with E-state index in [4.69, 9.17) is 4.12 Å². The summed E-state index contributed by atoms with van der Waals surface area (Å²) in [6.45, 7) is 12.9. The number of nitrogens with one attached hydrogen (secondary N) is 1. The molecule has 0 aromatic carbocycles. The minimum Gasteiger partial charge on any atom is -0.455 e. The molecule has 0 aliphatic heterocycles. The van der Waals surface area contributed by atoms with Gasteiger partial charge in [0.05, 0.1) is 0 Å². The standard InChI is InChI=1S/C11H30BNOSi2/c1-6-7-10-15(2,3)14-16(4,5)11-8-9-13-12/h13H,6-12H2,1-5H3. The van der Waals surface area contributed by atoms with Gasteiger partial charge in [0.1, 0.15) is 0 Å². The van der Waals surface area contributed by atoms with Crippen molar-refractivity contribution in [1.29, 1.82) is 0 Å². The van der Waals surface area contributed by atoms with Gasteiger partial charge in [0.25, 0.3) is 0 Å². The van der Waals surface area contributed by atoms with Crippen LogP contribution in [0.2, 0.25) is 38.3 Å². The van der Waals surface area contributed by atoms with Gasteiger partial charge in [-0.25, -0.2) is 0 Å². The lowest BCUT2D eigenvalue weighted by Gasteiger charge is -2.34. The van der Waals surface area contributed by atoms with Gasteiger partial charge in [-0.05, 0) is 51.2 Å². The molecule has 0 bridgehead atoms. The quantitative estimate of drug-likeness (QED) is 0.508. The lowest BCUT2D eigenvalue weighted by molar-refractivity contribution is 0.529. The van der Waals surface area contributed by atoms with E-state index in [0.29, 0.717) is 0 Å². The van der Waals surface area contributed by atoms with Crippen molar-refractivity contribution < 1.29 is 4.12 Å². The van der Waals surface area contributed by atoms with Crippen molar-refractivity contribution in [3.05, 3.63) is 0 Å². The summed E-state index contributed by atoms with van der Waals surface area (Å²) >= 11 is 0. The van der Waals surface area contributed by atoms with Crippen LogP contribution in [0, 0.1) is 0 Å². The highest BCUT2D eigenvalue weighted by Crippen LogP contribution is 2.23. The Hall–Kier alpha value is 0.419. The smallest absolute Gasteiger partial charge is 0.181 e. The minimum atomic E-state index is -1.40. The van der Waals surface area contributed by atoms with E-state index in [-0.39, 0.29) is 0 Å². The number of unbranched alkanes of at least 4 members (excludes halogenated alkanes) is 1. The molecule has 16 heavy (non-hydrogen) atoms. The van der Waals surface area contributed by atoms with E-state index in [0.717, 1.165) is 6.54 Å². The molecule has 0 spiro atoms. The largest absolute Gasteiger partial charge is 0.455 e. The summed E-state index contributed by atoms with van der Waals surface area (Å²) in [6, 6.07) is 2.61. The molecular weight excluding hydrogens is 229 g/mol. The molecule has 0 aliphatic carbocycles. The summed E-state index contributed by atoms with van der Waals surface area (Å²) in [5, 5.41) is 3.22. The Morgan fingerprint density at radius 2 is 1.50 bits per heavy atom. The second-order valence-corrected chi connectivity index (χ2v) is 14.8. The molecular formula is C11H30BNOSi2. The Labute approximate surface area is 105 Å². The first-order chi connectivity index (χ1) is 7.33. The van der Waals surface area contributed by atoms with E-state index in [2.05, 4.69) is 38.3 Å². The van der Waals surface area contributed by atoms with Crippen LogP contribution in [0.1, 0.15) is 26.2 Å². The molecule has 0 saturated heterocycles.